The second kappa shape index (κ2) is 5.98. The van der Waals surface area contributed by atoms with Gasteiger partial charge in [0.05, 0.1) is 4.47 Å². The van der Waals surface area contributed by atoms with E-state index in [-0.39, 0.29) is 5.60 Å². The van der Waals surface area contributed by atoms with Crippen LogP contribution in [0.2, 0.25) is 0 Å². The number of aromatic nitrogens is 2. The average Bonchev–Trinajstić information content (AvgIpc) is 2.42. The van der Waals surface area contributed by atoms with Gasteiger partial charge in [-0.1, -0.05) is 13.8 Å². The molecule has 1 aliphatic rings. The van der Waals surface area contributed by atoms with Gasteiger partial charge in [-0.3, -0.25) is 0 Å². The molecule has 0 aliphatic heterocycles. The van der Waals surface area contributed by atoms with Crippen LogP contribution in [0.3, 0.4) is 0 Å². The lowest BCUT2D eigenvalue weighted by atomic mass is 9.70. The lowest BCUT2D eigenvalue weighted by Gasteiger charge is -2.41. The molecule has 1 saturated carbocycles. The first kappa shape index (κ1) is 15.7. The van der Waals surface area contributed by atoms with Gasteiger partial charge in [0.25, 0.3) is 0 Å². The van der Waals surface area contributed by atoms with Crippen molar-refractivity contribution in [2.24, 2.45) is 5.41 Å². The Kier molecular flexibility index (Phi) is 4.69. The van der Waals surface area contributed by atoms with E-state index in [1.807, 2.05) is 6.20 Å². The van der Waals surface area contributed by atoms with Crippen LogP contribution in [0, 0.1) is 5.41 Å². The van der Waals surface area contributed by atoms with Crippen LogP contribution in [0.5, 0.6) is 0 Å². The molecule has 0 radical (unpaired) electrons. The van der Waals surface area contributed by atoms with Crippen LogP contribution in [0.15, 0.2) is 10.7 Å². The molecule has 112 valence electrons. The largest absolute Gasteiger partial charge is 0.370 e. The number of rotatable bonds is 4. The van der Waals surface area contributed by atoms with Crippen molar-refractivity contribution >= 4 is 21.7 Å². The highest BCUT2D eigenvalue weighted by molar-refractivity contribution is 9.10. The van der Waals surface area contributed by atoms with E-state index in [1.54, 1.807) is 7.11 Å². The first-order valence-electron chi connectivity index (χ1n) is 7.24. The summed E-state index contributed by atoms with van der Waals surface area (Å²) in [5, 5.41) is 3.26. The molecule has 4 nitrogen and oxygen atoms in total. The molecule has 1 aliphatic carbocycles. The number of hydrogen-bond donors (Lipinski definition) is 1. The van der Waals surface area contributed by atoms with Crippen molar-refractivity contribution in [1.82, 2.24) is 9.97 Å². The molecular weight excluding hydrogens is 318 g/mol. The van der Waals surface area contributed by atoms with Crippen LogP contribution in [-0.4, -0.2) is 23.6 Å². The lowest BCUT2D eigenvalue weighted by molar-refractivity contribution is -0.0728. The van der Waals surface area contributed by atoms with Gasteiger partial charge in [0.15, 0.2) is 5.82 Å². The molecule has 1 aromatic heterocycles. The minimum atomic E-state index is -0.333. The predicted octanol–water partition coefficient (Wildman–Crippen LogP) is 4.11. The first-order chi connectivity index (χ1) is 9.42. The zero-order chi connectivity index (χ0) is 14.8. The number of anilines is 1. The summed E-state index contributed by atoms with van der Waals surface area (Å²) in [5.74, 6) is 1.65. The third kappa shape index (κ3) is 3.14. The van der Waals surface area contributed by atoms with Crippen molar-refractivity contribution in [3.8, 4) is 0 Å². The third-order valence-electron chi connectivity index (χ3n) is 4.30. The molecule has 1 fully saturated rings. The fourth-order valence-electron chi connectivity index (χ4n) is 2.73. The second-order valence-electron chi connectivity index (χ2n) is 6.28. The highest BCUT2D eigenvalue weighted by Gasteiger charge is 2.42. The summed E-state index contributed by atoms with van der Waals surface area (Å²) in [5.41, 5.74) is 0.0578. The molecule has 0 bridgehead atoms. The maximum absolute atomic E-state index is 5.86. The Morgan fingerprint density at radius 3 is 2.50 bits per heavy atom. The van der Waals surface area contributed by atoms with Gasteiger partial charge in [-0.05, 0) is 54.0 Å². The zero-order valence-corrected chi connectivity index (χ0v) is 14.4. The molecular formula is C15H24BrN3O. The number of halogens is 1. The molecule has 5 heteroatoms. The second-order valence-corrected chi connectivity index (χ2v) is 7.14. The standard InChI is InChI=1S/C15H24BrN3O/c1-5-17-12-11(16)10-18-13(19-12)15(20-4)8-6-14(2,3)7-9-15/h10H,5-9H2,1-4H3,(H,17,18,19). The van der Waals surface area contributed by atoms with E-state index < -0.39 is 0 Å². The van der Waals surface area contributed by atoms with Crippen molar-refractivity contribution in [1.29, 1.82) is 0 Å². The molecule has 0 amide bonds. The van der Waals surface area contributed by atoms with Gasteiger partial charge in [-0.15, -0.1) is 0 Å². The van der Waals surface area contributed by atoms with E-state index in [4.69, 9.17) is 4.74 Å². The Bertz CT molecular complexity index is 466. The van der Waals surface area contributed by atoms with Crippen LogP contribution < -0.4 is 5.32 Å². The van der Waals surface area contributed by atoms with Crippen LogP contribution in [0.1, 0.15) is 52.3 Å². The Morgan fingerprint density at radius 1 is 1.30 bits per heavy atom. The smallest absolute Gasteiger partial charge is 0.162 e. The van der Waals surface area contributed by atoms with Crippen molar-refractivity contribution in [2.45, 2.75) is 52.1 Å². The number of methoxy groups -OCH3 is 1. The number of hydrogen-bond acceptors (Lipinski definition) is 4. The molecule has 0 spiro atoms. The summed E-state index contributed by atoms with van der Waals surface area (Å²) in [4.78, 5) is 9.20. The van der Waals surface area contributed by atoms with Crippen molar-refractivity contribution in [2.75, 3.05) is 19.0 Å². The van der Waals surface area contributed by atoms with Gasteiger partial charge >= 0.3 is 0 Å². The van der Waals surface area contributed by atoms with Crippen molar-refractivity contribution in [3.63, 3.8) is 0 Å². The molecule has 0 saturated heterocycles. The SMILES string of the molecule is CCNc1nc(C2(OC)CCC(C)(C)CC2)ncc1Br. The summed E-state index contributed by atoms with van der Waals surface area (Å²) >= 11 is 3.48. The van der Waals surface area contributed by atoms with Crippen LogP contribution >= 0.6 is 15.9 Å². The molecule has 0 atom stereocenters. The fourth-order valence-corrected chi connectivity index (χ4v) is 3.06. The number of ether oxygens (including phenoxy) is 1. The number of nitrogens with zero attached hydrogens (tertiary/aromatic N) is 2. The van der Waals surface area contributed by atoms with Crippen molar-refractivity contribution < 1.29 is 4.74 Å². The summed E-state index contributed by atoms with van der Waals surface area (Å²) in [7, 11) is 1.77. The predicted molar refractivity (Wildman–Crippen MR) is 84.8 cm³/mol. The molecule has 20 heavy (non-hydrogen) atoms. The molecule has 1 aromatic rings. The van der Waals surface area contributed by atoms with Gasteiger partial charge < -0.3 is 10.1 Å². The van der Waals surface area contributed by atoms with Gasteiger partial charge in [0.2, 0.25) is 0 Å². The Morgan fingerprint density at radius 2 is 1.95 bits per heavy atom. The summed E-state index contributed by atoms with van der Waals surface area (Å²) in [6.45, 7) is 7.53. The molecule has 1 N–H and O–H groups in total. The minimum absolute atomic E-state index is 0.333. The van der Waals surface area contributed by atoms with Crippen molar-refractivity contribution in [3.05, 3.63) is 16.5 Å². The van der Waals surface area contributed by atoms with E-state index >= 15 is 0 Å². The minimum Gasteiger partial charge on any atom is -0.370 e. The summed E-state index contributed by atoms with van der Waals surface area (Å²) in [6, 6.07) is 0. The molecule has 2 rings (SSSR count). The molecule has 0 aromatic carbocycles. The first-order valence-corrected chi connectivity index (χ1v) is 8.04. The van der Waals surface area contributed by atoms with Crippen LogP contribution in [0.4, 0.5) is 5.82 Å². The van der Waals surface area contributed by atoms with Gasteiger partial charge in [-0.25, -0.2) is 9.97 Å². The third-order valence-corrected chi connectivity index (χ3v) is 4.88. The van der Waals surface area contributed by atoms with E-state index in [0.717, 1.165) is 48.3 Å². The van der Waals surface area contributed by atoms with E-state index in [0.29, 0.717) is 5.41 Å². The van der Waals surface area contributed by atoms with Gasteiger partial charge in [0, 0.05) is 19.9 Å². The summed E-state index contributed by atoms with van der Waals surface area (Å²) < 4.78 is 6.76. The molecule has 0 unspecified atom stereocenters. The topological polar surface area (TPSA) is 47.0 Å². The maximum Gasteiger partial charge on any atom is 0.162 e. The van der Waals surface area contributed by atoms with Gasteiger partial charge in [-0.2, -0.15) is 0 Å². The van der Waals surface area contributed by atoms with Gasteiger partial charge in [0.1, 0.15) is 11.4 Å². The maximum atomic E-state index is 5.86. The quantitative estimate of drug-likeness (QED) is 0.894. The van der Waals surface area contributed by atoms with E-state index in [2.05, 4.69) is 52.0 Å². The number of nitrogens with one attached hydrogen (secondary N) is 1. The van der Waals surface area contributed by atoms with E-state index in [9.17, 15) is 0 Å². The Balaban J connectivity index is 2.30. The normalized spacial score (nSPS) is 20.6. The van der Waals surface area contributed by atoms with Crippen LogP contribution in [0.25, 0.3) is 0 Å². The Labute approximate surface area is 129 Å². The van der Waals surface area contributed by atoms with E-state index in [1.165, 1.54) is 0 Å². The van der Waals surface area contributed by atoms with Crippen LogP contribution in [-0.2, 0) is 10.3 Å². The zero-order valence-electron chi connectivity index (χ0n) is 12.8. The summed E-state index contributed by atoms with van der Waals surface area (Å²) in [6.07, 6.45) is 6.04. The average molecular weight is 342 g/mol. The lowest BCUT2D eigenvalue weighted by Crippen LogP contribution is -2.38. The highest BCUT2D eigenvalue weighted by atomic mass is 79.9. The fraction of sp³-hybridized carbons (Fsp3) is 0.733. The Hall–Kier alpha value is -0.680. The highest BCUT2D eigenvalue weighted by Crippen LogP contribution is 2.46. The monoisotopic (exact) mass is 341 g/mol. The molecule has 1 heterocycles.